The summed E-state index contributed by atoms with van der Waals surface area (Å²) < 4.78 is 15.8. The third kappa shape index (κ3) is 19.1. The van der Waals surface area contributed by atoms with Gasteiger partial charge in [-0.1, -0.05) is 41.5 Å². The molecule has 2 rings (SSSR count). The number of carboxylic acids is 1. The van der Waals surface area contributed by atoms with Gasteiger partial charge in [-0.3, -0.25) is 33.6 Å². The molecular formula is C35H46N8O13. The fraction of sp³-hybridized carbons (Fsp3) is 0.457. The van der Waals surface area contributed by atoms with E-state index in [1.165, 1.54) is 18.2 Å². The highest BCUT2D eigenvalue weighted by atomic mass is 16.5. The number of ether oxygens (including phenoxy) is 3. The van der Waals surface area contributed by atoms with Crippen LogP contribution in [0.1, 0.15) is 37.3 Å². The summed E-state index contributed by atoms with van der Waals surface area (Å²) in [7, 11) is 0. The lowest BCUT2D eigenvalue weighted by Crippen LogP contribution is -2.58. The molecule has 56 heavy (non-hydrogen) atoms. The molecule has 304 valence electrons. The summed E-state index contributed by atoms with van der Waals surface area (Å²) in [6.45, 7) is 1.49. The van der Waals surface area contributed by atoms with E-state index in [2.05, 4.69) is 36.6 Å². The number of esters is 1. The molecule has 0 bridgehead atoms. The minimum Gasteiger partial charge on any atom is -0.504 e. The fourth-order valence-electron chi connectivity index (χ4n) is 4.73. The highest BCUT2D eigenvalue weighted by Crippen LogP contribution is 2.24. The van der Waals surface area contributed by atoms with Crippen molar-refractivity contribution in [2.45, 2.75) is 57.3 Å². The van der Waals surface area contributed by atoms with Crippen LogP contribution >= 0.6 is 0 Å². The van der Waals surface area contributed by atoms with Crippen molar-refractivity contribution in [3.63, 3.8) is 0 Å². The maximum atomic E-state index is 13.5. The SMILES string of the molecule is CC(=O)N[C@@H](CC(=O)NCCc1ccc(O)c(O)c1)C(=O)N[C@H](CC(=O)OCc1ccccc1)C(=O)N[C@@H](CC(=O)O)C(=O)NCCOCCOCCN=[N+]=[N-]. The molecule has 3 atom stereocenters. The van der Waals surface area contributed by atoms with Crippen LogP contribution in [0.4, 0.5) is 0 Å². The van der Waals surface area contributed by atoms with Gasteiger partial charge >= 0.3 is 11.9 Å². The zero-order valence-corrected chi connectivity index (χ0v) is 30.6. The number of amides is 5. The molecule has 21 heteroatoms. The number of hydrogen-bond donors (Lipinski definition) is 8. The summed E-state index contributed by atoms with van der Waals surface area (Å²) in [6, 6.07) is 7.66. The lowest BCUT2D eigenvalue weighted by atomic mass is 10.1. The molecule has 0 aliphatic rings. The molecule has 8 N–H and O–H groups in total. The van der Waals surface area contributed by atoms with Crippen LogP contribution in [0.25, 0.3) is 10.4 Å². The highest BCUT2D eigenvalue weighted by molar-refractivity contribution is 5.98. The monoisotopic (exact) mass is 786 g/mol. The van der Waals surface area contributed by atoms with Gasteiger partial charge in [-0.15, -0.1) is 0 Å². The third-order valence-electron chi connectivity index (χ3n) is 7.43. The summed E-state index contributed by atoms with van der Waals surface area (Å²) >= 11 is 0. The van der Waals surface area contributed by atoms with E-state index in [9.17, 15) is 48.9 Å². The minimum atomic E-state index is -1.77. The van der Waals surface area contributed by atoms with E-state index in [0.717, 1.165) is 6.92 Å². The first-order valence-electron chi connectivity index (χ1n) is 17.3. The largest absolute Gasteiger partial charge is 0.504 e. The Morgan fingerprint density at radius 3 is 2.00 bits per heavy atom. The number of hydrogen-bond acceptors (Lipinski definition) is 13. The minimum absolute atomic E-state index is 0.0103. The number of benzene rings is 2. The van der Waals surface area contributed by atoms with E-state index in [4.69, 9.17) is 19.7 Å². The molecule has 0 aliphatic heterocycles. The molecule has 0 spiro atoms. The van der Waals surface area contributed by atoms with Crippen molar-refractivity contribution >= 4 is 41.5 Å². The standard InChI is InChI=1S/C35H46N8O13/c1-22(44)40-25(18-30(47)37-10-9-23-7-8-28(45)29(46)17-23)34(52)42-27(20-32(50)56-21-24-5-3-2-4-6-24)35(53)41-26(19-31(48)49)33(51)38-11-13-54-15-16-55-14-12-39-43-36/h2-8,17,25-27,45-46H,9-16,18-21H2,1H3,(H,37,47)(H,38,51)(H,40,44)(H,41,53)(H,42,52)(H,48,49)/t25-,26-,27+/m0/s1. The molecule has 0 unspecified atom stereocenters. The first-order valence-corrected chi connectivity index (χ1v) is 17.3. The van der Waals surface area contributed by atoms with E-state index < -0.39 is 78.9 Å². The maximum absolute atomic E-state index is 13.5. The zero-order valence-electron chi connectivity index (χ0n) is 30.6. The second-order valence-electron chi connectivity index (χ2n) is 11.9. The van der Waals surface area contributed by atoms with E-state index >= 15 is 0 Å². The van der Waals surface area contributed by atoms with Crippen LogP contribution in [0.15, 0.2) is 53.6 Å². The van der Waals surface area contributed by atoms with Crippen LogP contribution in [0.5, 0.6) is 11.5 Å². The van der Waals surface area contributed by atoms with Crippen LogP contribution < -0.4 is 26.6 Å². The van der Waals surface area contributed by atoms with Gasteiger partial charge in [0.1, 0.15) is 24.7 Å². The van der Waals surface area contributed by atoms with E-state index in [0.29, 0.717) is 11.1 Å². The number of phenolic OH excluding ortho intramolecular Hbond substituents is 2. The molecule has 0 saturated heterocycles. The number of rotatable bonds is 26. The zero-order chi connectivity index (χ0) is 41.3. The van der Waals surface area contributed by atoms with Crippen molar-refractivity contribution in [1.29, 1.82) is 0 Å². The Bertz CT molecular complexity index is 1690. The van der Waals surface area contributed by atoms with Gasteiger partial charge in [-0.05, 0) is 35.2 Å². The van der Waals surface area contributed by atoms with Crippen molar-refractivity contribution in [2.24, 2.45) is 5.11 Å². The van der Waals surface area contributed by atoms with Gasteiger partial charge in [-0.25, -0.2) is 0 Å². The molecule has 0 aliphatic carbocycles. The normalized spacial score (nSPS) is 12.1. The fourth-order valence-corrected chi connectivity index (χ4v) is 4.73. The number of phenols is 2. The Labute approximate surface area is 321 Å². The van der Waals surface area contributed by atoms with Crippen LogP contribution in [-0.4, -0.2) is 121 Å². The van der Waals surface area contributed by atoms with Crippen LogP contribution in [0.3, 0.4) is 0 Å². The van der Waals surface area contributed by atoms with Crippen molar-refractivity contribution in [1.82, 2.24) is 26.6 Å². The van der Waals surface area contributed by atoms with Gasteiger partial charge in [0, 0.05) is 31.5 Å². The predicted octanol–water partition coefficient (Wildman–Crippen LogP) is -0.311. The average Bonchev–Trinajstić information content (AvgIpc) is 3.15. The molecule has 0 fully saturated rings. The van der Waals surface area contributed by atoms with Crippen molar-refractivity contribution in [3.8, 4) is 11.5 Å². The van der Waals surface area contributed by atoms with Gasteiger partial charge in [0.05, 0.1) is 45.7 Å². The Hall–Kier alpha value is -6.44. The number of carbonyl (C=O) groups is 7. The highest BCUT2D eigenvalue weighted by Gasteiger charge is 2.33. The number of azide groups is 1. The van der Waals surface area contributed by atoms with Crippen LogP contribution in [0, 0.1) is 0 Å². The number of carbonyl (C=O) groups excluding carboxylic acids is 6. The van der Waals surface area contributed by atoms with Crippen molar-refractivity contribution < 1.29 is 63.1 Å². The smallest absolute Gasteiger partial charge is 0.308 e. The van der Waals surface area contributed by atoms with E-state index in [1.54, 1.807) is 30.3 Å². The molecule has 2 aromatic carbocycles. The first kappa shape index (κ1) is 45.7. The summed E-state index contributed by atoms with van der Waals surface area (Å²) in [5.41, 5.74) is 9.44. The molecule has 21 nitrogen and oxygen atoms in total. The molecule has 2 aromatic rings. The number of aliphatic carboxylic acids is 1. The van der Waals surface area contributed by atoms with Gasteiger partial charge in [0.25, 0.3) is 0 Å². The first-order chi connectivity index (χ1) is 26.8. The molecule has 0 radical (unpaired) electrons. The lowest BCUT2D eigenvalue weighted by Gasteiger charge is -2.24. The van der Waals surface area contributed by atoms with Crippen molar-refractivity contribution in [3.05, 3.63) is 70.1 Å². The number of carboxylic acid groups (broad SMARTS) is 1. The quantitative estimate of drug-likeness (QED) is 0.0152. The molecule has 0 aromatic heterocycles. The number of nitrogens with zero attached hydrogens (tertiary/aromatic N) is 3. The molecular weight excluding hydrogens is 740 g/mol. The van der Waals surface area contributed by atoms with Gasteiger partial charge in [0.15, 0.2) is 11.5 Å². The average molecular weight is 787 g/mol. The van der Waals surface area contributed by atoms with E-state index in [-0.39, 0.29) is 70.6 Å². The van der Waals surface area contributed by atoms with E-state index in [1.807, 2.05) is 0 Å². The molecule has 0 heterocycles. The predicted molar refractivity (Wildman–Crippen MR) is 194 cm³/mol. The maximum Gasteiger partial charge on any atom is 0.308 e. The Kier molecular flexibility index (Phi) is 20.9. The van der Waals surface area contributed by atoms with Crippen LogP contribution in [-0.2, 0) is 60.8 Å². The Morgan fingerprint density at radius 2 is 1.38 bits per heavy atom. The Morgan fingerprint density at radius 1 is 0.732 bits per heavy atom. The summed E-state index contributed by atoms with van der Waals surface area (Å²) in [4.78, 5) is 91.8. The number of nitrogens with one attached hydrogen (secondary N) is 5. The van der Waals surface area contributed by atoms with Crippen LogP contribution in [0.2, 0.25) is 0 Å². The lowest BCUT2D eigenvalue weighted by molar-refractivity contribution is -0.148. The molecule has 5 amide bonds. The summed E-state index contributed by atoms with van der Waals surface area (Å²) in [5.74, 6) is -7.60. The second kappa shape index (κ2) is 25.6. The summed E-state index contributed by atoms with van der Waals surface area (Å²) in [6.07, 6.45) is -2.04. The van der Waals surface area contributed by atoms with Gasteiger partial charge in [-0.2, -0.15) is 0 Å². The van der Waals surface area contributed by atoms with Gasteiger partial charge < -0.3 is 56.1 Å². The second-order valence-corrected chi connectivity index (χ2v) is 11.9. The van der Waals surface area contributed by atoms with Crippen molar-refractivity contribution in [2.75, 3.05) is 46.1 Å². The molecule has 0 saturated carbocycles. The van der Waals surface area contributed by atoms with Gasteiger partial charge in [0.2, 0.25) is 29.5 Å². The number of aromatic hydroxyl groups is 2. The Balaban J connectivity index is 2.11. The topological polar surface area (TPSA) is 317 Å². The summed E-state index contributed by atoms with van der Waals surface area (Å²) in [5, 5.41) is 43.8. The third-order valence-corrected chi connectivity index (χ3v) is 7.43.